The lowest BCUT2D eigenvalue weighted by molar-refractivity contribution is 0.0580. The van der Waals surface area contributed by atoms with Crippen LogP contribution in [0.1, 0.15) is 26.3 Å². The molecule has 0 radical (unpaired) electrons. The molecule has 2 N–H and O–H groups in total. The van der Waals surface area contributed by atoms with Crippen LogP contribution < -0.4 is 5.32 Å². The number of benzene rings is 3. The maximum Gasteiger partial charge on any atom is 0.261 e. The zero-order chi connectivity index (χ0) is 18.1. The van der Waals surface area contributed by atoms with Crippen LogP contribution in [0.5, 0.6) is 0 Å². The van der Waals surface area contributed by atoms with Crippen molar-refractivity contribution < 1.29 is 14.7 Å². The first-order valence-corrected chi connectivity index (χ1v) is 8.51. The molecule has 0 atom stereocenters. The van der Waals surface area contributed by atoms with Crippen LogP contribution in [0.25, 0.3) is 10.8 Å². The molecule has 0 spiro atoms. The van der Waals surface area contributed by atoms with E-state index in [1.807, 2.05) is 48.5 Å². The molecule has 0 saturated heterocycles. The molecule has 0 aliphatic carbocycles. The minimum Gasteiger partial charge on any atom is -0.395 e. The van der Waals surface area contributed by atoms with E-state index in [1.54, 1.807) is 12.1 Å². The monoisotopic (exact) mass is 346 g/mol. The molecule has 0 fully saturated rings. The van der Waals surface area contributed by atoms with Crippen molar-refractivity contribution in [3.63, 3.8) is 0 Å². The number of hydrogen-bond acceptors (Lipinski definition) is 4. The molecule has 0 bridgehead atoms. The topological polar surface area (TPSA) is 69.6 Å². The van der Waals surface area contributed by atoms with E-state index in [2.05, 4.69) is 5.32 Å². The predicted octanol–water partition coefficient (Wildman–Crippen LogP) is 3.04. The van der Waals surface area contributed by atoms with Crippen LogP contribution >= 0.6 is 0 Å². The number of aliphatic hydroxyl groups is 1. The van der Waals surface area contributed by atoms with Crippen LogP contribution in [0.4, 0.5) is 5.69 Å². The molecule has 130 valence electrons. The second-order valence-electron chi connectivity index (χ2n) is 6.21. The molecule has 1 aliphatic rings. The lowest BCUT2D eigenvalue weighted by Crippen LogP contribution is -2.41. The molecule has 5 heteroatoms. The average Bonchev–Trinajstić information content (AvgIpc) is 2.68. The Morgan fingerprint density at radius 1 is 0.846 bits per heavy atom. The average molecular weight is 346 g/mol. The summed E-state index contributed by atoms with van der Waals surface area (Å²) in [6.07, 6.45) is 0. The summed E-state index contributed by atoms with van der Waals surface area (Å²) in [5.74, 6) is -0.718. The Hall–Kier alpha value is -3.18. The van der Waals surface area contributed by atoms with Gasteiger partial charge in [0.25, 0.3) is 11.8 Å². The number of imide groups is 1. The van der Waals surface area contributed by atoms with Crippen molar-refractivity contribution >= 4 is 28.3 Å². The molecular formula is C21H18N2O3. The fraction of sp³-hybridized carbons (Fsp3) is 0.143. The highest BCUT2D eigenvalue weighted by Gasteiger charge is 2.32. The lowest BCUT2D eigenvalue weighted by atomic mass is 9.93. The molecule has 5 nitrogen and oxygen atoms in total. The van der Waals surface area contributed by atoms with E-state index in [0.29, 0.717) is 23.1 Å². The first-order valence-electron chi connectivity index (χ1n) is 8.51. The van der Waals surface area contributed by atoms with Gasteiger partial charge < -0.3 is 10.4 Å². The maximum atomic E-state index is 12.7. The Morgan fingerprint density at radius 3 is 2.31 bits per heavy atom. The molecule has 0 saturated carbocycles. The first-order chi connectivity index (χ1) is 12.7. The van der Waals surface area contributed by atoms with Crippen LogP contribution in [0.2, 0.25) is 0 Å². The van der Waals surface area contributed by atoms with Gasteiger partial charge in [0.2, 0.25) is 0 Å². The number of hydrogen-bond donors (Lipinski definition) is 2. The second kappa shape index (κ2) is 6.61. The molecule has 4 rings (SSSR count). The maximum absolute atomic E-state index is 12.7. The van der Waals surface area contributed by atoms with Crippen molar-refractivity contribution in [2.45, 2.75) is 6.54 Å². The fourth-order valence-electron chi connectivity index (χ4n) is 3.40. The first kappa shape index (κ1) is 16.3. The number of amides is 2. The standard InChI is InChI=1S/C21H18N2O3/c24-12-11-23-20(25)16-8-4-7-15-18(10-9-17(19(15)16)21(23)26)22-13-14-5-2-1-3-6-14/h1-10,22,24H,11-13H2. The summed E-state index contributed by atoms with van der Waals surface area (Å²) in [4.78, 5) is 26.4. The Balaban J connectivity index is 1.77. The summed E-state index contributed by atoms with van der Waals surface area (Å²) < 4.78 is 0. The van der Waals surface area contributed by atoms with Gasteiger partial charge in [-0.05, 0) is 23.8 Å². The van der Waals surface area contributed by atoms with Gasteiger partial charge in [-0.25, -0.2) is 0 Å². The molecule has 0 unspecified atom stereocenters. The van der Waals surface area contributed by atoms with E-state index in [-0.39, 0.29) is 25.0 Å². The van der Waals surface area contributed by atoms with Gasteiger partial charge >= 0.3 is 0 Å². The quantitative estimate of drug-likeness (QED) is 0.697. The second-order valence-corrected chi connectivity index (χ2v) is 6.21. The fourth-order valence-corrected chi connectivity index (χ4v) is 3.40. The van der Waals surface area contributed by atoms with Crippen LogP contribution in [0, 0.1) is 0 Å². The number of carbonyl (C=O) groups excluding carboxylic acids is 2. The number of nitrogens with zero attached hydrogens (tertiary/aromatic N) is 1. The third-order valence-electron chi connectivity index (χ3n) is 4.64. The number of aliphatic hydroxyl groups excluding tert-OH is 1. The van der Waals surface area contributed by atoms with Gasteiger partial charge in [0.1, 0.15) is 0 Å². The van der Waals surface area contributed by atoms with Gasteiger partial charge in [0.15, 0.2) is 0 Å². The SMILES string of the molecule is O=C1c2cccc3c(NCc4ccccc4)ccc(c23)C(=O)N1CCO. The van der Waals surface area contributed by atoms with Crippen molar-refractivity contribution in [3.8, 4) is 0 Å². The summed E-state index contributed by atoms with van der Waals surface area (Å²) in [5.41, 5.74) is 3.02. The highest BCUT2D eigenvalue weighted by Crippen LogP contribution is 2.34. The number of rotatable bonds is 5. The Morgan fingerprint density at radius 2 is 1.58 bits per heavy atom. The predicted molar refractivity (Wildman–Crippen MR) is 100 cm³/mol. The summed E-state index contributed by atoms with van der Waals surface area (Å²) in [7, 11) is 0. The van der Waals surface area contributed by atoms with E-state index in [1.165, 1.54) is 0 Å². The number of anilines is 1. The van der Waals surface area contributed by atoms with Crippen molar-refractivity contribution in [2.75, 3.05) is 18.5 Å². The third-order valence-corrected chi connectivity index (χ3v) is 4.64. The number of β-amino-alcohol motifs (C(OH)–C–C–N with tert-alkyl or cyclic N) is 1. The van der Waals surface area contributed by atoms with Gasteiger partial charge in [-0.2, -0.15) is 0 Å². The Kier molecular flexibility index (Phi) is 4.14. The molecule has 0 aromatic heterocycles. The minimum absolute atomic E-state index is 0.00149. The van der Waals surface area contributed by atoms with E-state index >= 15 is 0 Å². The lowest BCUT2D eigenvalue weighted by Gasteiger charge is -2.27. The summed E-state index contributed by atoms with van der Waals surface area (Å²) in [5, 5.41) is 14.1. The molecule has 26 heavy (non-hydrogen) atoms. The van der Waals surface area contributed by atoms with Crippen LogP contribution in [0.15, 0.2) is 60.7 Å². The molecular weight excluding hydrogens is 328 g/mol. The summed E-state index contributed by atoms with van der Waals surface area (Å²) in [6, 6.07) is 19.1. The van der Waals surface area contributed by atoms with Gasteiger partial charge in [-0.3, -0.25) is 14.5 Å². The van der Waals surface area contributed by atoms with Crippen LogP contribution in [-0.4, -0.2) is 35.0 Å². The van der Waals surface area contributed by atoms with Gasteiger partial charge in [-0.1, -0.05) is 42.5 Å². The highest BCUT2D eigenvalue weighted by atomic mass is 16.3. The largest absolute Gasteiger partial charge is 0.395 e. The summed E-state index contributed by atoms with van der Waals surface area (Å²) in [6.45, 7) is 0.402. The number of nitrogens with one attached hydrogen (secondary N) is 1. The van der Waals surface area contributed by atoms with Gasteiger partial charge in [0, 0.05) is 34.1 Å². The van der Waals surface area contributed by atoms with Crippen molar-refractivity contribution in [3.05, 3.63) is 77.4 Å². The van der Waals surface area contributed by atoms with Crippen LogP contribution in [-0.2, 0) is 6.54 Å². The third kappa shape index (κ3) is 2.62. The highest BCUT2D eigenvalue weighted by molar-refractivity contribution is 6.26. The molecule has 1 aliphatic heterocycles. The van der Waals surface area contributed by atoms with Crippen molar-refractivity contribution in [2.24, 2.45) is 0 Å². The zero-order valence-electron chi connectivity index (χ0n) is 14.1. The molecule has 1 heterocycles. The molecule has 2 amide bonds. The van der Waals surface area contributed by atoms with E-state index < -0.39 is 0 Å². The Bertz CT molecular complexity index is 977. The number of carbonyl (C=O) groups is 2. The van der Waals surface area contributed by atoms with E-state index in [9.17, 15) is 9.59 Å². The zero-order valence-corrected chi connectivity index (χ0v) is 14.1. The smallest absolute Gasteiger partial charge is 0.261 e. The summed E-state index contributed by atoms with van der Waals surface area (Å²) >= 11 is 0. The normalized spacial score (nSPS) is 13.3. The van der Waals surface area contributed by atoms with E-state index in [0.717, 1.165) is 21.5 Å². The van der Waals surface area contributed by atoms with Gasteiger partial charge in [0.05, 0.1) is 13.2 Å². The van der Waals surface area contributed by atoms with Crippen LogP contribution in [0.3, 0.4) is 0 Å². The molecule has 3 aromatic rings. The Labute approximate surface area is 150 Å². The van der Waals surface area contributed by atoms with Gasteiger partial charge in [-0.15, -0.1) is 0 Å². The van der Waals surface area contributed by atoms with Crippen molar-refractivity contribution in [1.29, 1.82) is 0 Å². The van der Waals surface area contributed by atoms with E-state index in [4.69, 9.17) is 5.11 Å². The molecule has 3 aromatic carbocycles. The van der Waals surface area contributed by atoms with Crippen molar-refractivity contribution in [1.82, 2.24) is 4.90 Å². The minimum atomic E-state index is -0.359.